The number of hydrogen-bond donors (Lipinski definition) is 0. The summed E-state index contributed by atoms with van der Waals surface area (Å²) >= 11 is 0. The number of ether oxygens (including phenoxy) is 1. The lowest BCUT2D eigenvalue weighted by Gasteiger charge is -2.33. The third kappa shape index (κ3) is 1.41. The molecule has 2 rings (SSSR count). The van der Waals surface area contributed by atoms with Crippen molar-refractivity contribution in [1.82, 2.24) is 0 Å². The van der Waals surface area contributed by atoms with Gasteiger partial charge in [0, 0.05) is 5.92 Å². The van der Waals surface area contributed by atoms with Crippen LogP contribution in [0.5, 0.6) is 0 Å². The fourth-order valence-corrected chi connectivity index (χ4v) is 2.42. The molecule has 2 heteroatoms. The number of carbonyl (C=O) groups is 1. The van der Waals surface area contributed by atoms with Gasteiger partial charge in [0.15, 0.2) is 5.78 Å². The summed E-state index contributed by atoms with van der Waals surface area (Å²) in [6.07, 6.45) is 1.19. The molecule has 0 N–H and O–H groups in total. The predicted octanol–water partition coefficient (Wildman–Crippen LogP) is 2.02. The molecule has 2 fully saturated rings. The normalized spacial score (nSPS) is 44.5. The first-order valence-corrected chi connectivity index (χ1v) is 5.10. The molecule has 0 spiro atoms. The zero-order chi connectivity index (χ0) is 9.80. The summed E-state index contributed by atoms with van der Waals surface area (Å²) < 4.78 is 5.45. The lowest BCUT2D eigenvalue weighted by Crippen LogP contribution is -2.37. The molecule has 0 aromatic carbocycles. The molecule has 0 radical (unpaired) electrons. The molecule has 4 atom stereocenters. The smallest absolute Gasteiger partial charge is 0.167 e. The van der Waals surface area contributed by atoms with Crippen molar-refractivity contribution in [2.75, 3.05) is 0 Å². The van der Waals surface area contributed by atoms with Crippen LogP contribution in [0.1, 0.15) is 34.1 Å². The molecule has 1 aliphatic carbocycles. The summed E-state index contributed by atoms with van der Waals surface area (Å²) in [6, 6.07) is 0. The Morgan fingerprint density at radius 3 is 2.54 bits per heavy atom. The van der Waals surface area contributed by atoms with Gasteiger partial charge in [-0.15, -0.1) is 0 Å². The third-order valence-electron chi connectivity index (χ3n) is 3.41. The van der Waals surface area contributed by atoms with Gasteiger partial charge in [-0.2, -0.15) is 0 Å². The molecule has 1 saturated carbocycles. The highest BCUT2D eigenvalue weighted by atomic mass is 16.6. The summed E-state index contributed by atoms with van der Waals surface area (Å²) in [6.45, 7) is 8.73. The minimum atomic E-state index is -0.0482. The fraction of sp³-hybridized carbons (Fsp3) is 0.909. The van der Waals surface area contributed by atoms with E-state index in [9.17, 15) is 4.79 Å². The van der Waals surface area contributed by atoms with Gasteiger partial charge < -0.3 is 4.74 Å². The van der Waals surface area contributed by atoms with Crippen molar-refractivity contribution in [2.24, 2.45) is 17.3 Å². The van der Waals surface area contributed by atoms with Crippen LogP contribution in [0.3, 0.4) is 0 Å². The first-order chi connectivity index (χ1) is 5.91. The van der Waals surface area contributed by atoms with Crippen molar-refractivity contribution in [3.8, 4) is 0 Å². The zero-order valence-corrected chi connectivity index (χ0v) is 8.83. The van der Waals surface area contributed by atoms with Crippen LogP contribution in [-0.2, 0) is 9.53 Å². The molecule has 13 heavy (non-hydrogen) atoms. The van der Waals surface area contributed by atoms with Gasteiger partial charge in [-0.1, -0.05) is 27.7 Å². The maximum Gasteiger partial charge on any atom is 0.167 e. The molecule has 1 aliphatic heterocycles. The first-order valence-electron chi connectivity index (χ1n) is 5.10. The van der Waals surface area contributed by atoms with Crippen LogP contribution >= 0.6 is 0 Å². The number of fused-ring (bicyclic) bond motifs is 1. The number of epoxide rings is 1. The number of ketones is 1. The minimum absolute atomic E-state index is 0.0482. The SMILES string of the molecule is C[C@@H]1CC(C(C)(C)C)C2OC2C1=O. The molecule has 2 aliphatic rings. The number of carbonyl (C=O) groups excluding carboxylic acids is 1. The van der Waals surface area contributed by atoms with Crippen LogP contribution in [0.25, 0.3) is 0 Å². The largest absolute Gasteiger partial charge is 0.361 e. The molecule has 1 saturated heterocycles. The Hall–Kier alpha value is -0.370. The van der Waals surface area contributed by atoms with Crippen LogP contribution in [0.15, 0.2) is 0 Å². The Kier molecular flexibility index (Phi) is 1.82. The highest BCUT2D eigenvalue weighted by Gasteiger charge is 2.57. The summed E-state index contributed by atoms with van der Waals surface area (Å²) in [5.41, 5.74) is 0.272. The van der Waals surface area contributed by atoms with Gasteiger partial charge in [0.25, 0.3) is 0 Å². The van der Waals surface area contributed by atoms with Crippen molar-refractivity contribution < 1.29 is 9.53 Å². The van der Waals surface area contributed by atoms with E-state index < -0.39 is 0 Å². The lowest BCUT2D eigenvalue weighted by atomic mass is 9.69. The number of hydrogen-bond acceptors (Lipinski definition) is 2. The monoisotopic (exact) mass is 182 g/mol. The van der Waals surface area contributed by atoms with Crippen molar-refractivity contribution in [2.45, 2.75) is 46.3 Å². The fourth-order valence-electron chi connectivity index (χ4n) is 2.42. The molecule has 1 heterocycles. The zero-order valence-electron chi connectivity index (χ0n) is 8.83. The Bertz CT molecular complexity index is 235. The van der Waals surface area contributed by atoms with E-state index in [1.54, 1.807) is 0 Å². The van der Waals surface area contributed by atoms with Crippen molar-refractivity contribution >= 4 is 5.78 Å². The number of rotatable bonds is 0. The minimum Gasteiger partial charge on any atom is -0.361 e. The molecule has 0 aromatic heterocycles. The van der Waals surface area contributed by atoms with Gasteiger partial charge in [-0.3, -0.25) is 4.79 Å². The average molecular weight is 182 g/mol. The first kappa shape index (κ1) is 9.20. The second-order valence-corrected chi connectivity index (χ2v) is 5.53. The summed E-state index contributed by atoms with van der Waals surface area (Å²) in [5, 5.41) is 0. The summed E-state index contributed by atoms with van der Waals surface area (Å²) in [5.74, 6) is 1.09. The standard InChI is InChI=1S/C11H18O2/c1-6-5-7(11(2,3)4)9-10(13-9)8(6)12/h6-7,9-10H,5H2,1-4H3/t6-,7?,9?,10?/m1/s1. The van der Waals surface area contributed by atoms with Crippen LogP contribution in [-0.4, -0.2) is 18.0 Å². The molecule has 3 unspecified atom stereocenters. The highest BCUT2D eigenvalue weighted by Crippen LogP contribution is 2.48. The second-order valence-electron chi connectivity index (χ2n) is 5.53. The van der Waals surface area contributed by atoms with Crippen molar-refractivity contribution in [3.63, 3.8) is 0 Å². The Balaban J connectivity index is 2.14. The van der Waals surface area contributed by atoms with E-state index in [-0.39, 0.29) is 23.5 Å². The quantitative estimate of drug-likeness (QED) is 0.536. The molecule has 0 aromatic rings. The molecule has 74 valence electrons. The van der Waals surface area contributed by atoms with Crippen LogP contribution in [0, 0.1) is 17.3 Å². The molecular formula is C11H18O2. The number of Topliss-reactive ketones (excluding diaryl/α,β-unsaturated/α-hetero) is 1. The lowest BCUT2D eigenvalue weighted by molar-refractivity contribution is -0.125. The van der Waals surface area contributed by atoms with Gasteiger partial charge in [-0.25, -0.2) is 0 Å². The average Bonchev–Trinajstić information content (AvgIpc) is 2.73. The van der Waals surface area contributed by atoms with E-state index in [0.29, 0.717) is 11.7 Å². The van der Waals surface area contributed by atoms with E-state index >= 15 is 0 Å². The van der Waals surface area contributed by atoms with Crippen LogP contribution in [0.2, 0.25) is 0 Å². The molecule has 0 amide bonds. The van der Waals surface area contributed by atoms with E-state index in [0.717, 1.165) is 6.42 Å². The molecule has 0 bridgehead atoms. The second kappa shape index (κ2) is 2.57. The summed E-state index contributed by atoms with van der Waals surface area (Å²) in [4.78, 5) is 11.5. The summed E-state index contributed by atoms with van der Waals surface area (Å²) in [7, 11) is 0. The molecular weight excluding hydrogens is 164 g/mol. The van der Waals surface area contributed by atoms with Gasteiger partial charge in [0.05, 0.1) is 6.10 Å². The van der Waals surface area contributed by atoms with Crippen LogP contribution in [0.4, 0.5) is 0 Å². The van der Waals surface area contributed by atoms with Crippen molar-refractivity contribution in [1.29, 1.82) is 0 Å². The highest BCUT2D eigenvalue weighted by molar-refractivity contribution is 5.88. The Morgan fingerprint density at radius 1 is 1.38 bits per heavy atom. The maximum absolute atomic E-state index is 11.5. The maximum atomic E-state index is 11.5. The van der Waals surface area contributed by atoms with Crippen LogP contribution < -0.4 is 0 Å². The van der Waals surface area contributed by atoms with E-state index in [2.05, 4.69) is 20.8 Å². The van der Waals surface area contributed by atoms with Crippen molar-refractivity contribution in [3.05, 3.63) is 0 Å². The van der Waals surface area contributed by atoms with Gasteiger partial charge in [-0.05, 0) is 17.8 Å². The van der Waals surface area contributed by atoms with E-state index in [4.69, 9.17) is 4.74 Å². The predicted molar refractivity (Wildman–Crippen MR) is 50.4 cm³/mol. The molecule has 2 nitrogen and oxygen atoms in total. The van der Waals surface area contributed by atoms with E-state index in [1.807, 2.05) is 6.92 Å². The van der Waals surface area contributed by atoms with Gasteiger partial charge in [0.2, 0.25) is 0 Å². The van der Waals surface area contributed by atoms with Gasteiger partial charge >= 0.3 is 0 Å². The third-order valence-corrected chi connectivity index (χ3v) is 3.41. The Labute approximate surface area is 79.7 Å². The topological polar surface area (TPSA) is 29.6 Å². The Morgan fingerprint density at radius 2 is 2.00 bits per heavy atom. The van der Waals surface area contributed by atoms with Gasteiger partial charge in [0.1, 0.15) is 6.10 Å². The van der Waals surface area contributed by atoms with E-state index in [1.165, 1.54) is 0 Å².